The Kier molecular flexibility index (Phi) is 3.37. The highest BCUT2D eigenvalue weighted by molar-refractivity contribution is 9.10. The SMILES string of the molecule is O=CNc1cc(Br)ccc1-c1ccccc1. The molecule has 0 aliphatic rings. The zero-order valence-electron chi connectivity index (χ0n) is 8.48. The second-order valence-corrected chi connectivity index (χ2v) is 4.23. The van der Waals surface area contributed by atoms with Crippen molar-refractivity contribution in [1.29, 1.82) is 0 Å². The molecule has 1 N–H and O–H groups in total. The maximum absolute atomic E-state index is 10.5. The van der Waals surface area contributed by atoms with Gasteiger partial charge in [0.25, 0.3) is 0 Å². The van der Waals surface area contributed by atoms with Gasteiger partial charge < -0.3 is 5.32 Å². The minimum Gasteiger partial charge on any atom is -0.328 e. The summed E-state index contributed by atoms with van der Waals surface area (Å²) >= 11 is 3.38. The van der Waals surface area contributed by atoms with Crippen molar-refractivity contribution >= 4 is 28.0 Å². The highest BCUT2D eigenvalue weighted by Crippen LogP contribution is 2.30. The molecule has 0 atom stereocenters. The molecule has 0 radical (unpaired) electrons. The van der Waals surface area contributed by atoms with Crippen LogP contribution in [0.3, 0.4) is 0 Å². The van der Waals surface area contributed by atoms with Crippen LogP contribution in [-0.4, -0.2) is 6.41 Å². The largest absolute Gasteiger partial charge is 0.328 e. The Balaban J connectivity index is 2.51. The van der Waals surface area contributed by atoms with E-state index < -0.39 is 0 Å². The molecular formula is C13H10BrNO. The predicted octanol–water partition coefficient (Wildman–Crippen LogP) is 3.68. The molecule has 0 heterocycles. The number of anilines is 1. The van der Waals surface area contributed by atoms with Crippen molar-refractivity contribution in [1.82, 2.24) is 0 Å². The minimum absolute atomic E-state index is 0.689. The molecule has 2 rings (SSSR count). The van der Waals surface area contributed by atoms with Gasteiger partial charge in [0.05, 0.1) is 0 Å². The summed E-state index contributed by atoms with van der Waals surface area (Å²) in [5.74, 6) is 0. The third-order valence-electron chi connectivity index (χ3n) is 2.28. The van der Waals surface area contributed by atoms with E-state index in [1.54, 1.807) is 0 Å². The van der Waals surface area contributed by atoms with Crippen molar-refractivity contribution in [3.63, 3.8) is 0 Å². The number of hydrogen-bond acceptors (Lipinski definition) is 1. The molecule has 0 bridgehead atoms. The van der Waals surface area contributed by atoms with E-state index in [0.717, 1.165) is 21.3 Å². The second kappa shape index (κ2) is 4.94. The number of hydrogen-bond donors (Lipinski definition) is 1. The van der Waals surface area contributed by atoms with Crippen LogP contribution in [0.2, 0.25) is 0 Å². The molecular weight excluding hydrogens is 266 g/mol. The topological polar surface area (TPSA) is 29.1 Å². The summed E-state index contributed by atoms with van der Waals surface area (Å²) in [5.41, 5.74) is 2.89. The smallest absolute Gasteiger partial charge is 0.211 e. The predicted molar refractivity (Wildman–Crippen MR) is 69.3 cm³/mol. The Labute approximate surface area is 102 Å². The van der Waals surface area contributed by atoms with Gasteiger partial charge in [-0.15, -0.1) is 0 Å². The van der Waals surface area contributed by atoms with Crippen molar-refractivity contribution in [3.8, 4) is 11.1 Å². The average Bonchev–Trinajstić information content (AvgIpc) is 2.31. The summed E-state index contributed by atoms with van der Waals surface area (Å²) in [6.07, 6.45) is 0.689. The van der Waals surface area contributed by atoms with E-state index in [1.165, 1.54) is 0 Å². The summed E-state index contributed by atoms with van der Waals surface area (Å²) < 4.78 is 0.941. The van der Waals surface area contributed by atoms with Gasteiger partial charge in [-0.05, 0) is 17.7 Å². The Morgan fingerprint density at radius 3 is 2.50 bits per heavy atom. The zero-order chi connectivity index (χ0) is 11.4. The van der Waals surface area contributed by atoms with Crippen LogP contribution in [0.15, 0.2) is 53.0 Å². The first kappa shape index (κ1) is 10.9. The lowest BCUT2D eigenvalue weighted by molar-refractivity contribution is -0.105. The number of rotatable bonds is 3. The summed E-state index contributed by atoms with van der Waals surface area (Å²) in [6, 6.07) is 15.8. The molecule has 2 nitrogen and oxygen atoms in total. The molecule has 2 aromatic carbocycles. The first-order valence-electron chi connectivity index (χ1n) is 4.86. The molecule has 0 unspecified atom stereocenters. The number of carbonyl (C=O) groups is 1. The van der Waals surface area contributed by atoms with Gasteiger partial charge in [0.15, 0.2) is 0 Å². The van der Waals surface area contributed by atoms with Gasteiger partial charge in [0.2, 0.25) is 6.41 Å². The van der Waals surface area contributed by atoms with Crippen molar-refractivity contribution in [3.05, 3.63) is 53.0 Å². The summed E-state index contributed by atoms with van der Waals surface area (Å²) in [6.45, 7) is 0. The Morgan fingerprint density at radius 1 is 1.06 bits per heavy atom. The van der Waals surface area contributed by atoms with Gasteiger partial charge in [0.1, 0.15) is 0 Å². The van der Waals surface area contributed by atoms with E-state index in [1.807, 2.05) is 48.5 Å². The van der Waals surface area contributed by atoms with Gasteiger partial charge in [-0.1, -0.05) is 52.3 Å². The van der Waals surface area contributed by atoms with Crippen molar-refractivity contribution < 1.29 is 4.79 Å². The lowest BCUT2D eigenvalue weighted by Crippen LogP contribution is -1.96. The molecule has 0 fully saturated rings. The van der Waals surface area contributed by atoms with Gasteiger partial charge >= 0.3 is 0 Å². The van der Waals surface area contributed by atoms with E-state index >= 15 is 0 Å². The summed E-state index contributed by atoms with van der Waals surface area (Å²) in [4.78, 5) is 10.5. The van der Waals surface area contributed by atoms with Crippen LogP contribution >= 0.6 is 15.9 Å². The summed E-state index contributed by atoms with van der Waals surface area (Å²) in [5, 5.41) is 2.70. The normalized spacial score (nSPS) is 9.81. The lowest BCUT2D eigenvalue weighted by Gasteiger charge is -2.08. The average molecular weight is 276 g/mol. The van der Waals surface area contributed by atoms with E-state index in [4.69, 9.17) is 0 Å². The van der Waals surface area contributed by atoms with Gasteiger partial charge in [-0.25, -0.2) is 0 Å². The van der Waals surface area contributed by atoms with Crippen LogP contribution in [-0.2, 0) is 4.79 Å². The van der Waals surface area contributed by atoms with Crippen molar-refractivity contribution in [2.45, 2.75) is 0 Å². The minimum atomic E-state index is 0.689. The fourth-order valence-electron chi connectivity index (χ4n) is 1.57. The van der Waals surface area contributed by atoms with Crippen LogP contribution in [0.25, 0.3) is 11.1 Å². The molecule has 0 saturated carbocycles. The Bertz CT molecular complexity index is 497. The fraction of sp³-hybridized carbons (Fsp3) is 0. The highest BCUT2D eigenvalue weighted by Gasteiger charge is 2.04. The number of nitrogens with one attached hydrogen (secondary N) is 1. The third kappa shape index (κ3) is 2.31. The molecule has 0 aliphatic heterocycles. The molecule has 0 aliphatic carbocycles. The zero-order valence-corrected chi connectivity index (χ0v) is 10.1. The molecule has 3 heteroatoms. The molecule has 0 saturated heterocycles. The Hall–Kier alpha value is -1.61. The monoisotopic (exact) mass is 275 g/mol. The first-order chi connectivity index (χ1) is 7.81. The van der Waals surface area contributed by atoms with Crippen LogP contribution in [0.5, 0.6) is 0 Å². The van der Waals surface area contributed by atoms with Gasteiger partial charge in [-0.2, -0.15) is 0 Å². The molecule has 0 aromatic heterocycles. The van der Waals surface area contributed by atoms with Crippen molar-refractivity contribution in [2.24, 2.45) is 0 Å². The van der Waals surface area contributed by atoms with E-state index in [-0.39, 0.29) is 0 Å². The lowest BCUT2D eigenvalue weighted by atomic mass is 10.0. The molecule has 2 aromatic rings. The number of amides is 1. The number of benzene rings is 2. The van der Waals surface area contributed by atoms with E-state index in [0.29, 0.717) is 6.41 Å². The van der Waals surface area contributed by atoms with E-state index in [2.05, 4.69) is 21.2 Å². The number of carbonyl (C=O) groups excluding carboxylic acids is 1. The van der Waals surface area contributed by atoms with Crippen LogP contribution in [0.1, 0.15) is 0 Å². The van der Waals surface area contributed by atoms with Crippen LogP contribution in [0.4, 0.5) is 5.69 Å². The fourth-order valence-corrected chi connectivity index (χ4v) is 1.93. The van der Waals surface area contributed by atoms with Crippen molar-refractivity contribution in [2.75, 3.05) is 5.32 Å². The van der Waals surface area contributed by atoms with E-state index in [9.17, 15) is 4.79 Å². The standard InChI is InChI=1S/C13H10BrNO/c14-11-6-7-12(13(8-11)15-9-16)10-4-2-1-3-5-10/h1-9H,(H,15,16). The third-order valence-corrected chi connectivity index (χ3v) is 2.77. The van der Waals surface area contributed by atoms with Gasteiger partial charge in [0, 0.05) is 15.7 Å². The first-order valence-corrected chi connectivity index (χ1v) is 5.66. The van der Waals surface area contributed by atoms with Crippen LogP contribution in [0, 0.1) is 0 Å². The molecule has 1 amide bonds. The van der Waals surface area contributed by atoms with Crippen LogP contribution < -0.4 is 5.32 Å². The molecule has 16 heavy (non-hydrogen) atoms. The highest BCUT2D eigenvalue weighted by atomic mass is 79.9. The number of halogens is 1. The maximum Gasteiger partial charge on any atom is 0.211 e. The summed E-state index contributed by atoms with van der Waals surface area (Å²) in [7, 11) is 0. The maximum atomic E-state index is 10.5. The molecule has 0 spiro atoms. The molecule has 80 valence electrons. The van der Waals surface area contributed by atoms with Gasteiger partial charge in [-0.3, -0.25) is 4.79 Å². The Morgan fingerprint density at radius 2 is 1.81 bits per heavy atom. The quantitative estimate of drug-likeness (QED) is 0.851. The second-order valence-electron chi connectivity index (χ2n) is 3.32.